The number of unbranched alkanes of at least 4 members (excludes halogenated alkanes) is 6. The SMILES string of the molecule is CCCCCCCCC(=O)NC(CCCC)C(=O)Oc1ccc(OS(=O)[O-])cc1. The van der Waals surface area contributed by atoms with E-state index in [-0.39, 0.29) is 17.4 Å². The van der Waals surface area contributed by atoms with Gasteiger partial charge in [-0.15, -0.1) is 0 Å². The van der Waals surface area contributed by atoms with Crippen molar-refractivity contribution in [3.8, 4) is 11.5 Å². The van der Waals surface area contributed by atoms with Crippen LogP contribution in [0.3, 0.4) is 0 Å². The predicted molar refractivity (Wildman–Crippen MR) is 111 cm³/mol. The Kier molecular flexibility index (Phi) is 13.0. The van der Waals surface area contributed by atoms with Crippen molar-refractivity contribution in [1.82, 2.24) is 5.32 Å². The van der Waals surface area contributed by atoms with Gasteiger partial charge < -0.3 is 18.8 Å². The van der Waals surface area contributed by atoms with E-state index >= 15 is 0 Å². The third kappa shape index (κ3) is 11.6. The number of esters is 1. The molecule has 1 aromatic rings. The van der Waals surface area contributed by atoms with Gasteiger partial charge in [0.1, 0.15) is 28.9 Å². The third-order valence-corrected chi connectivity index (χ3v) is 4.76. The van der Waals surface area contributed by atoms with Gasteiger partial charge in [0.25, 0.3) is 0 Å². The molecule has 0 bridgehead atoms. The molecular formula is C21H32NO6S-. The van der Waals surface area contributed by atoms with Crippen LogP contribution in [0.1, 0.15) is 78.1 Å². The summed E-state index contributed by atoms with van der Waals surface area (Å²) in [7, 11) is 0. The fraction of sp³-hybridized carbons (Fsp3) is 0.619. The number of amides is 1. The van der Waals surface area contributed by atoms with Crippen LogP contribution in [0.4, 0.5) is 0 Å². The Morgan fingerprint density at radius 2 is 1.55 bits per heavy atom. The van der Waals surface area contributed by atoms with E-state index in [0.717, 1.165) is 32.1 Å². The second-order valence-corrected chi connectivity index (χ2v) is 7.53. The van der Waals surface area contributed by atoms with Gasteiger partial charge in [-0.3, -0.25) is 4.79 Å². The van der Waals surface area contributed by atoms with E-state index in [1.807, 2.05) is 6.92 Å². The van der Waals surface area contributed by atoms with E-state index in [1.165, 1.54) is 43.5 Å². The van der Waals surface area contributed by atoms with Gasteiger partial charge >= 0.3 is 5.97 Å². The molecule has 0 saturated heterocycles. The van der Waals surface area contributed by atoms with Crippen LogP contribution in [0.15, 0.2) is 24.3 Å². The molecule has 0 aliphatic carbocycles. The first-order valence-corrected chi connectivity index (χ1v) is 11.3. The van der Waals surface area contributed by atoms with Gasteiger partial charge in [-0.2, -0.15) is 0 Å². The molecule has 1 amide bonds. The van der Waals surface area contributed by atoms with Crippen molar-refractivity contribution in [2.45, 2.75) is 84.1 Å². The predicted octanol–water partition coefficient (Wildman–Crippen LogP) is 4.19. The van der Waals surface area contributed by atoms with Crippen molar-refractivity contribution in [2.75, 3.05) is 0 Å². The van der Waals surface area contributed by atoms with Gasteiger partial charge in [0.2, 0.25) is 5.91 Å². The lowest BCUT2D eigenvalue weighted by Crippen LogP contribution is -2.43. The highest BCUT2D eigenvalue weighted by molar-refractivity contribution is 7.74. The number of carbonyl (C=O) groups is 2. The maximum absolute atomic E-state index is 12.5. The van der Waals surface area contributed by atoms with E-state index < -0.39 is 23.4 Å². The topological polar surface area (TPSA) is 105 Å². The monoisotopic (exact) mass is 426 g/mol. The highest BCUT2D eigenvalue weighted by Gasteiger charge is 2.22. The van der Waals surface area contributed by atoms with Crippen LogP contribution in [-0.2, 0) is 21.0 Å². The minimum Gasteiger partial charge on any atom is -0.740 e. The minimum absolute atomic E-state index is 0.118. The van der Waals surface area contributed by atoms with Crippen LogP contribution in [0, 0.1) is 0 Å². The molecule has 0 fully saturated rings. The Morgan fingerprint density at radius 3 is 2.17 bits per heavy atom. The molecule has 8 heteroatoms. The van der Waals surface area contributed by atoms with Crippen molar-refractivity contribution < 1.29 is 27.3 Å². The van der Waals surface area contributed by atoms with Crippen molar-refractivity contribution >= 4 is 23.2 Å². The van der Waals surface area contributed by atoms with Crippen LogP contribution >= 0.6 is 0 Å². The summed E-state index contributed by atoms with van der Waals surface area (Å²) in [6.45, 7) is 4.18. The van der Waals surface area contributed by atoms with Crippen LogP contribution in [-0.4, -0.2) is 26.7 Å². The summed E-state index contributed by atoms with van der Waals surface area (Å²) < 4.78 is 30.9. The van der Waals surface area contributed by atoms with Gasteiger partial charge in [-0.05, 0) is 37.1 Å². The van der Waals surface area contributed by atoms with Crippen LogP contribution < -0.4 is 14.2 Å². The molecule has 1 rings (SSSR count). The van der Waals surface area contributed by atoms with E-state index in [9.17, 15) is 18.4 Å². The summed E-state index contributed by atoms with van der Waals surface area (Å²) in [5.41, 5.74) is 0. The number of rotatable bonds is 15. The normalized spacial score (nSPS) is 12.8. The van der Waals surface area contributed by atoms with E-state index in [0.29, 0.717) is 12.8 Å². The number of benzene rings is 1. The van der Waals surface area contributed by atoms with Crippen molar-refractivity contribution in [3.05, 3.63) is 24.3 Å². The number of ether oxygens (including phenoxy) is 1. The Bertz CT molecular complexity index is 635. The van der Waals surface area contributed by atoms with E-state index in [2.05, 4.69) is 16.4 Å². The van der Waals surface area contributed by atoms with Gasteiger partial charge in [0.15, 0.2) is 0 Å². The molecule has 0 aromatic heterocycles. The molecular weight excluding hydrogens is 394 g/mol. The molecule has 7 nitrogen and oxygen atoms in total. The van der Waals surface area contributed by atoms with E-state index in [4.69, 9.17) is 4.74 Å². The molecule has 2 atom stereocenters. The quantitative estimate of drug-likeness (QED) is 0.195. The fourth-order valence-electron chi connectivity index (χ4n) is 2.82. The lowest BCUT2D eigenvalue weighted by atomic mass is 10.1. The molecule has 29 heavy (non-hydrogen) atoms. The smallest absolute Gasteiger partial charge is 0.334 e. The van der Waals surface area contributed by atoms with Crippen LogP contribution in [0.2, 0.25) is 0 Å². The molecule has 0 spiro atoms. The molecule has 2 unspecified atom stereocenters. The van der Waals surface area contributed by atoms with Crippen LogP contribution in [0.5, 0.6) is 11.5 Å². The molecule has 0 heterocycles. The lowest BCUT2D eigenvalue weighted by molar-refractivity contribution is -0.139. The maximum atomic E-state index is 12.5. The third-order valence-electron chi connectivity index (χ3n) is 4.43. The van der Waals surface area contributed by atoms with Crippen molar-refractivity contribution in [2.24, 2.45) is 0 Å². The van der Waals surface area contributed by atoms with E-state index in [1.54, 1.807) is 0 Å². The van der Waals surface area contributed by atoms with Gasteiger partial charge in [-0.25, -0.2) is 9.00 Å². The number of hydrogen-bond acceptors (Lipinski definition) is 6. The van der Waals surface area contributed by atoms with Crippen molar-refractivity contribution in [3.63, 3.8) is 0 Å². The Balaban J connectivity index is 2.52. The fourth-order valence-corrected chi connectivity index (χ4v) is 3.09. The van der Waals surface area contributed by atoms with Gasteiger partial charge in [-0.1, -0.05) is 58.8 Å². The second kappa shape index (κ2) is 15.0. The number of carbonyl (C=O) groups excluding carboxylic acids is 2. The zero-order valence-corrected chi connectivity index (χ0v) is 18.1. The summed E-state index contributed by atoms with van der Waals surface area (Å²) in [4.78, 5) is 24.7. The highest BCUT2D eigenvalue weighted by Crippen LogP contribution is 2.19. The summed E-state index contributed by atoms with van der Waals surface area (Å²) >= 11 is -2.66. The van der Waals surface area contributed by atoms with Gasteiger partial charge in [0.05, 0.1) is 0 Å². The molecule has 0 aliphatic heterocycles. The molecule has 0 aliphatic rings. The van der Waals surface area contributed by atoms with Crippen LogP contribution in [0.25, 0.3) is 0 Å². The maximum Gasteiger partial charge on any atom is 0.334 e. The zero-order chi connectivity index (χ0) is 21.5. The highest BCUT2D eigenvalue weighted by atomic mass is 32.2. The average Bonchev–Trinajstić information content (AvgIpc) is 2.68. The van der Waals surface area contributed by atoms with Gasteiger partial charge in [0, 0.05) is 6.42 Å². The molecule has 1 N–H and O–H groups in total. The Labute approximate surface area is 176 Å². The summed E-state index contributed by atoms with van der Waals surface area (Å²) in [6.07, 6.45) is 9.16. The first-order chi connectivity index (χ1) is 14.0. The standard InChI is InChI=1S/C21H33NO6S/c1-3-5-7-8-9-10-12-20(23)22-19(11-6-4-2)21(24)27-17-13-15-18(16-14-17)28-29(25)26/h13-16,19H,3-12H2,1-2H3,(H,22,23)(H,25,26)/p-1. The molecule has 0 radical (unpaired) electrons. The largest absolute Gasteiger partial charge is 0.740 e. The lowest BCUT2D eigenvalue weighted by Gasteiger charge is -2.17. The zero-order valence-electron chi connectivity index (χ0n) is 17.3. The minimum atomic E-state index is -2.66. The first-order valence-electron chi connectivity index (χ1n) is 10.3. The average molecular weight is 427 g/mol. The summed E-state index contributed by atoms with van der Waals surface area (Å²) in [5, 5.41) is 2.79. The molecule has 1 aromatic carbocycles. The Hall–Kier alpha value is -1.93. The number of hydrogen-bond donors (Lipinski definition) is 1. The summed E-state index contributed by atoms with van der Waals surface area (Å²) in [6, 6.07) is 4.95. The second-order valence-electron chi connectivity index (χ2n) is 6.96. The molecule has 0 saturated carbocycles. The molecule has 164 valence electrons. The van der Waals surface area contributed by atoms with Crippen molar-refractivity contribution in [1.29, 1.82) is 0 Å². The Morgan fingerprint density at radius 1 is 0.966 bits per heavy atom. The number of nitrogens with one attached hydrogen (secondary N) is 1. The first kappa shape index (κ1) is 25.1. The summed E-state index contributed by atoms with van der Waals surface area (Å²) in [5.74, 6) is -0.297.